The fraction of sp³-hybridized carbons (Fsp3) is 0.652. The fourth-order valence-corrected chi connectivity index (χ4v) is 6.36. The Hall–Kier alpha value is -1.88. The van der Waals surface area contributed by atoms with Gasteiger partial charge < -0.3 is 15.5 Å². The van der Waals surface area contributed by atoms with E-state index in [1.54, 1.807) is 0 Å². The molecule has 0 aromatic heterocycles. The summed E-state index contributed by atoms with van der Waals surface area (Å²) in [5.41, 5.74) is 2.06. The molecule has 1 aromatic carbocycles. The second kappa shape index (κ2) is 7.86. The van der Waals surface area contributed by atoms with Crippen LogP contribution >= 0.6 is 0 Å². The van der Waals surface area contributed by atoms with Gasteiger partial charge in [-0.2, -0.15) is 0 Å². The van der Waals surface area contributed by atoms with E-state index in [0.29, 0.717) is 13.1 Å². The number of anilines is 1. The first-order valence-corrected chi connectivity index (χ1v) is 10.9. The van der Waals surface area contributed by atoms with Gasteiger partial charge in [0.1, 0.15) is 0 Å². The van der Waals surface area contributed by atoms with Gasteiger partial charge in [-0.05, 0) is 74.3 Å². The molecule has 4 saturated carbocycles. The van der Waals surface area contributed by atoms with Gasteiger partial charge in [0.2, 0.25) is 0 Å². The Morgan fingerprint density at radius 2 is 1.57 bits per heavy atom. The molecule has 4 aliphatic rings. The molecular weight excluding hydrogens is 350 g/mol. The Bertz CT molecular complexity index is 710. The van der Waals surface area contributed by atoms with Gasteiger partial charge in [0.05, 0.1) is 7.05 Å². The lowest BCUT2D eigenvalue weighted by Crippen LogP contribution is -3.11. The number of rotatable bonds is 7. The first kappa shape index (κ1) is 19.4. The topological polar surface area (TPSA) is 62.6 Å². The molecule has 5 heteroatoms. The lowest BCUT2D eigenvalue weighted by atomic mass is 9.53. The molecule has 0 aliphatic heterocycles. The molecule has 0 heterocycles. The highest BCUT2D eigenvalue weighted by atomic mass is 16.2. The lowest BCUT2D eigenvalue weighted by molar-refractivity contribution is -0.862. The molecule has 4 aliphatic carbocycles. The molecule has 152 valence electrons. The average molecular weight is 385 g/mol. The first-order valence-electron chi connectivity index (χ1n) is 10.9. The number of para-hydroxylation sites is 1. The minimum absolute atomic E-state index is 0.0407. The van der Waals surface area contributed by atoms with Crippen LogP contribution in [0.25, 0.3) is 0 Å². The van der Waals surface area contributed by atoms with E-state index in [1.165, 1.54) is 38.5 Å². The summed E-state index contributed by atoms with van der Waals surface area (Å²) < 4.78 is 0. The van der Waals surface area contributed by atoms with Crippen molar-refractivity contribution in [3.05, 3.63) is 29.8 Å². The molecule has 5 nitrogen and oxygen atoms in total. The highest BCUT2D eigenvalue weighted by Gasteiger charge is 2.51. The van der Waals surface area contributed by atoms with Crippen molar-refractivity contribution in [1.29, 1.82) is 0 Å². The number of carbonyl (C=O) groups excluding carboxylic acids is 2. The SMILES string of the molecule is CCc1ccccc1NC(=O)C[NH+](C)CC(=O)NC12CC3CC(CC(C3)C1)C2. The zero-order chi connectivity index (χ0) is 19.7. The van der Waals surface area contributed by atoms with E-state index in [0.717, 1.165) is 40.3 Å². The van der Waals surface area contributed by atoms with E-state index in [-0.39, 0.29) is 17.4 Å². The van der Waals surface area contributed by atoms with Crippen LogP contribution in [0.2, 0.25) is 0 Å². The van der Waals surface area contributed by atoms with Crippen molar-refractivity contribution in [2.75, 3.05) is 25.5 Å². The van der Waals surface area contributed by atoms with Crippen molar-refractivity contribution in [1.82, 2.24) is 5.32 Å². The summed E-state index contributed by atoms with van der Waals surface area (Å²) >= 11 is 0. The maximum atomic E-state index is 12.7. The highest BCUT2D eigenvalue weighted by molar-refractivity contribution is 5.92. The van der Waals surface area contributed by atoms with Gasteiger partial charge in [-0.3, -0.25) is 9.59 Å². The number of benzene rings is 1. The molecule has 0 radical (unpaired) electrons. The predicted octanol–water partition coefficient (Wildman–Crippen LogP) is 1.79. The van der Waals surface area contributed by atoms with Gasteiger partial charge in [0.15, 0.2) is 13.1 Å². The summed E-state index contributed by atoms with van der Waals surface area (Å²) in [6.07, 6.45) is 8.50. The van der Waals surface area contributed by atoms with Crippen LogP contribution in [0.5, 0.6) is 0 Å². The first-order chi connectivity index (χ1) is 13.4. The van der Waals surface area contributed by atoms with Gasteiger partial charge in [0, 0.05) is 11.2 Å². The molecule has 4 bridgehead atoms. The summed E-state index contributed by atoms with van der Waals surface area (Å²) in [5, 5.41) is 6.41. The summed E-state index contributed by atoms with van der Waals surface area (Å²) in [6.45, 7) is 2.73. The zero-order valence-electron chi connectivity index (χ0n) is 17.2. The number of carbonyl (C=O) groups is 2. The molecule has 0 spiro atoms. The van der Waals surface area contributed by atoms with Gasteiger partial charge in [0.25, 0.3) is 11.8 Å². The van der Waals surface area contributed by atoms with Gasteiger partial charge in [-0.15, -0.1) is 0 Å². The Labute approximate surface area is 168 Å². The van der Waals surface area contributed by atoms with Crippen LogP contribution in [0, 0.1) is 17.8 Å². The van der Waals surface area contributed by atoms with Crippen molar-refractivity contribution in [2.45, 2.75) is 57.4 Å². The predicted molar refractivity (Wildman–Crippen MR) is 110 cm³/mol. The van der Waals surface area contributed by atoms with Gasteiger partial charge >= 0.3 is 0 Å². The van der Waals surface area contributed by atoms with Crippen LogP contribution in [0.3, 0.4) is 0 Å². The Morgan fingerprint density at radius 3 is 2.18 bits per heavy atom. The van der Waals surface area contributed by atoms with E-state index >= 15 is 0 Å². The summed E-state index contributed by atoms with van der Waals surface area (Å²) in [5.74, 6) is 2.52. The molecule has 5 rings (SSSR count). The minimum atomic E-state index is -0.0407. The average Bonchev–Trinajstić information content (AvgIpc) is 2.60. The maximum Gasteiger partial charge on any atom is 0.279 e. The number of likely N-dealkylation sites (N-methyl/N-ethyl adjacent to an activating group) is 1. The van der Waals surface area contributed by atoms with Gasteiger partial charge in [-0.25, -0.2) is 0 Å². The van der Waals surface area contributed by atoms with Crippen molar-refractivity contribution < 1.29 is 14.5 Å². The van der Waals surface area contributed by atoms with Crippen molar-refractivity contribution in [2.24, 2.45) is 17.8 Å². The normalized spacial score (nSPS) is 31.4. The number of hydrogen-bond acceptors (Lipinski definition) is 2. The fourth-order valence-electron chi connectivity index (χ4n) is 6.36. The largest absolute Gasteiger partial charge is 0.346 e. The molecule has 1 unspecified atom stereocenters. The van der Waals surface area contributed by atoms with E-state index in [9.17, 15) is 9.59 Å². The van der Waals surface area contributed by atoms with Crippen molar-refractivity contribution >= 4 is 17.5 Å². The molecule has 28 heavy (non-hydrogen) atoms. The van der Waals surface area contributed by atoms with E-state index < -0.39 is 0 Å². The van der Waals surface area contributed by atoms with E-state index in [1.807, 2.05) is 31.3 Å². The van der Waals surface area contributed by atoms with Crippen LogP contribution in [-0.4, -0.2) is 37.5 Å². The van der Waals surface area contributed by atoms with Crippen molar-refractivity contribution in [3.63, 3.8) is 0 Å². The second-order valence-electron chi connectivity index (χ2n) is 9.62. The Morgan fingerprint density at radius 1 is 1.00 bits per heavy atom. The minimum Gasteiger partial charge on any atom is -0.346 e. The summed E-state index contributed by atoms with van der Waals surface area (Å²) in [4.78, 5) is 26.1. The number of nitrogens with one attached hydrogen (secondary N) is 3. The third kappa shape index (κ3) is 4.24. The van der Waals surface area contributed by atoms with E-state index in [4.69, 9.17) is 0 Å². The second-order valence-corrected chi connectivity index (χ2v) is 9.62. The highest BCUT2D eigenvalue weighted by Crippen LogP contribution is 2.55. The number of amides is 2. The lowest BCUT2D eigenvalue weighted by Gasteiger charge is -2.56. The Kier molecular flexibility index (Phi) is 5.46. The number of aryl methyl sites for hydroxylation is 1. The molecule has 2 amide bonds. The third-order valence-electron chi connectivity index (χ3n) is 7.04. The molecule has 4 fully saturated rings. The van der Waals surface area contributed by atoms with Crippen LogP contribution in [0.1, 0.15) is 51.0 Å². The van der Waals surface area contributed by atoms with Crippen LogP contribution < -0.4 is 15.5 Å². The molecule has 1 aromatic rings. The third-order valence-corrected chi connectivity index (χ3v) is 7.04. The van der Waals surface area contributed by atoms with Crippen LogP contribution in [0.4, 0.5) is 5.69 Å². The summed E-state index contributed by atoms with van der Waals surface area (Å²) in [6, 6.07) is 7.89. The molecular formula is C23H34N3O2+. The Balaban J connectivity index is 1.27. The standard InChI is InChI=1S/C23H33N3O2/c1-3-19-6-4-5-7-20(19)24-21(27)14-26(2)15-22(28)25-23-11-16-8-17(12-23)10-18(9-16)13-23/h4-7,16-18H,3,8-15H2,1-2H3,(H,24,27)(H,25,28)/p+1. The van der Waals surface area contributed by atoms with E-state index in [2.05, 4.69) is 17.6 Å². The zero-order valence-corrected chi connectivity index (χ0v) is 17.2. The van der Waals surface area contributed by atoms with Crippen LogP contribution in [0.15, 0.2) is 24.3 Å². The van der Waals surface area contributed by atoms with Gasteiger partial charge in [-0.1, -0.05) is 25.1 Å². The van der Waals surface area contributed by atoms with Crippen LogP contribution in [-0.2, 0) is 16.0 Å². The monoisotopic (exact) mass is 384 g/mol. The number of hydrogen-bond donors (Lipinski definition) is 3. The smallest absolute Gasteiger partial charge is 0.279 e. The molecule has 0 saturated heterocycles. The van der Waals surface area contributed by atoms with Crippen molar-refractivity contribution in [3.8, 4) is 0 Å². The maximum absolute atomic E-state index is 12.7. The number of quaternary nitrogens is 1. The summed E-state index contributed by atoms with van der Waals surface area (Å²) in [7, 11) is 1.92. The quantitative estimate of drug-likeness (QED) is 0.671. The molecule has 3 N–H and O–H groups in total. The molecule has 1 atom stereocenters.